The van der Waals surface area contributed by atoms with E-state index in [1.54, 1.807) is 24.3 Å². The molecule has 0 aliphatic rings. The summed E-state index contributed by atoms with van der Waals surface area (Å²) in [4.78, 5) is 25.4. The first-order valence-electron chi connectivity index (χ1n) is 8.64. The molecule has 1 atom stereocenters. The van der Waals surface area contributed by atoms with Gasteiger partial charge in [0, 0.05) is 17.0 Å². The number of ether oxygens (including phenoxy) is 2. The van der Waals surface area contributed by atoms with Gasteiger partial charge in [0.15, 0.2) is 5.43 Å². The normalized spacial score (nSPS) is 12.2. The predicted molar refractivity (Wildman–Crippen MR) is 107 cm³/mol. The fourth-order valence-corrected chi connectivity index (χ4v) is 3.86. The van der Waals surface area contributed by atoms with Gasteiger partial charge in [-0.15, -0.1) is 0 Å². The minimum Gasteiger partial charge on any atom is -0.508 e. The van der Waals surface area contributed by atoms with Crippen molar-refractivity contribution in [3.63, 3.8) is 0 Å². The predicted octanol–water partition coefficient (Wildman–Crippen LogP) is 3.21. The molecule has 0 aliphatic heterocycles. The molecular weight excluding hydrogens is 396 g/mol. The summed E-state index contributed by atoms with van der Waals surface area (Å²) in [6, 6.07) is 7.99. The lowest BCUT2D eigenvalue weighted by atomic mass is 9.87. The number of rotatable bonds is 5. The van der Waals surface area contributed by atoms with Gasteiger partial charge in [0.1, 0.15) is 28.1 Å². The number of benzene rings is 2. The molecule has 2 heterocycles. The second-order valence-electron chi connectivity index (χ2n) is 6.35. The summed E-state index contributed by atoms with van der Waals surface area (Å²) in [6.07, 6.45) is 1.13. The van der Waals surface area contributed by atoms with Crippen molar-refractivity contribution in [3.8, 4) is 11.5 Å². The van der Waals surface area contributed by atoms with E-state index < -0.39 is 11.9 Å². The highest BCUT2D eigenvalue weighted by Gasteiger charge is 2.28. The lowest BCUT2D eigenvalue weighted by Gasteiger charge is -2.18. The molecule has 0 radical (unpaired) electrons. The van der Waals surface area contributed by atoms with Gasteiger partial charge in [-0.3, -0.25) is 9.59 Å². The molecule has 8 nitrogen and oxygen atoms in total. The summed E-state index contributed by atoms with van der Waals surface area (Å²) >= 11 is 0.979. The maximum atomic E-state index is 13.3. The maximum absolute atomic E-state index is 13.3. The standard InChI is InChI=1S/C20H16N2O6S/c1-26-10-3-6-16-12(7-10)20(25)13(9-28-16)11(8-17(24)27-2)18-15(23)5-4-14-19(18)22-29-21-14/h3-7,9,11,23H,8H2,1-2H3. The Bertz CT molecular complexity index is 1280. The molecule has 2 aromatic heterocycles. The quantitative estimate of drug-likeness (QED) is 0.497. The largest absolute Gasteiger partial charge is 0.508 e. The van der Waals surface area contributed by atoms with Crippen LogP contribution in [0.5, 0.6) is 11.5 Å². The molecule has 0 amide bonds. The van der Waals surface area contributed by atoms with E-state index in [1.165, 1.54) is 26.5 Å². The number of phenols is 1. The average Bonchev–Trinajstić information content (AvgIpc) is 3.21. The minimum absolute atomic E-state index is 0.0933. The highest BCUT2D eigenvalue weighted by molar-refractivity contribution is 7.00. The van der Waals surface area contributed by atoms with Gasteiger partial charge >= 0.3 is 5.97 Å². The van der Waals surface area contributed by atoms with Crippen LogP contribution in [0.1, 0.15) is 23.5 Å². The van der Waals surface area contributed by atoms with Gasteiger partial charge < -0.3 is 19.0 Å². The Morgan fingerprint density at radius 2 is 2.07 bits per heavy atom. The van der Waals surface area contributed by atoms with Gasteiger partial charge in [0.2, 0.25) is 0 Å². The van der Waals surface area contributed by atoms with Crippen molar-refractivity contribution in [2.75, 3.05) is 14.2 Å². The van der Waals surface area contributed by atoms with Crippen molar-refractivity contribution in [3.05, 3.63) is 57.9 Å². The molecule has 0 saturated heterocycles. The van der Waals surface area contributed by atoms with E-state index in [4.69, 9.17) is 13.9 Å². The van der Waals surface area contributed by atoms with E-state index in [1.807, 2.05) is 0 Å². The van der Waals surface area contributed by atoms with Crippen LogP contribution in [0.3, 0.4) is 0 Å². The molecule has 9 heteroatoms. The lowest BCUT2D eigenvalue weighted by Crippen LogP contribution is -2.18. The third kappa shape index (κ3) is 3.29. The third-order valence-corrected chi connectivity index (χ3v) is 5.32. The average molecular weight is 412 g/mol. The highest BCUT2D eigenvalue weighted by Crippen LogP contribution is 2.38. The van der Waals surface area contributed by atoms with Crippen LogP contribution >= 0.6 is 11.7 Å². The zero-order valence-corrected chi connectivity index (χ0v) is 16.4. The van der Waals surface area contributed by atoms with Crippen LogP contribution < -0.4 is 10.2 Å². The van der Waals surface area contributed by atoms with Crippen LogP contribution in [0.15, 0.2) is 45.8 Å². The number of aromatic nitrogens is 2. The second-order valence-corrected chi connectivity index (χ2v) is 6.87. The van der Waals surface area contributed by atoms with Crippen molar-refractivity contribution in [2.45, 2.75) is 12.3 Å². The summed E-state index contributed by atoms with van der Waals surface area (Å²) in [7, 11) is 2.76. The van der Waals surface area contributed by atoms with Crippen molar-refractivity contribution in [2.24, 2.45) is 0 Å². The van der Waals surface area contributed by atoms with E-state index in [0.717, 1.165) is 11.7 Å². The molecule has 0 aliphatic carbocycles. The molecule has 1 N–H and O–H groups in total. The van der Waals surface area contributed by atoms with Gasteiger partial charge in [-0.05, 0) is 30.3 Å². The molecule has 0 fully saturated rings. The van der Waals surface area contributed by atoms with Crippen LogP contribution in [-0.4, -0.2) is 34.0 Å². The molecule has 2 aromatic carbocycles. The van der Waals surface area contributed by atoms with Gasteiger partial charge in [-0.2, -0.15) is 8.75 Å². The first-order valence-corrected chi connectivity index (χ1v) is 9.37. The zero-order chi connectivity index (χ0) is 20.5. The molecule has 0 bridgehead atoms. The van der Waals surface area contributed by atoms with Gasteiger partial charge in [-0.1, -0.05) is 0 Å². The number of phenolic OH excluding ortho intramolecular Hbond substituents is 1. The van der Waals surface area contributed by atoms with E-state index in [0.29, 0.717) is 33.3 Å². The smallest absolute Gasteiger partial charge is 0.306 e. The molecule has 0 spiro atoms. The summed E-state index contributed by atoms with van der Waals surface area (Å²) < 4.78 is 24.1. The van der Waals surface area contributed by atoms with Gasteiger partial charge in [-0.25, -0.2) is 0 Å². The number of esters is 1. The Kier molecular flexibility index (Phi) is 4.89. The van der Waals surface area contributed by atoms with E-state index >= 15 is 0 Å². The molecule has 148 valence electrons. The SMILES string of the molecule is COC(=O)CC(c1coc2ccc(OC)cc2c1=O)c1c(O)ccc2nsnc12. The van der Waals surface area contributed by atoms with Crippen LogP contribution in [0.2, 0.25) is 0 Å². The monoisotopic (exact) mass is 412 g/mol. The third-order valence-electron chi connectivity index (χ3n) is 4.77. The Hall–Kier alpha value is -3.46. The summed E-state index contributed by atoms with van der Waals surface area (Å²) in [5.74, 6) is -0.967. The molecule has 1 unspecified atom stereocenters. The van der Waals surface area contributed by atoms with Crippen molar-refractivity contribution in [1.29, 1.82) is 0 Å². The first-order chi connectivity index (χ1) is 14.0. The minimum atomic E-state index is -0.832. The van der Waals surface area contributed by atoms with Crippen LogP contribution in [0.25, 0.3) is 22.0 Å². The molecule has 29 heavy (non-hydrogen) atoms. The van der Waals surface area contributed by atoms with Crippen molar-refractivity contribution in [1.82, 2.24) is 8.75 Å². The maximum Gasteiger partial charge on any atom is 0.306 e. The zero-order valence-electron chi connectivity index (χ0n) is 15.5. The highest BCUT2D eigenvalue weighted by atomic mass is 32.1. The second kappa shape index (κ2) is 7.51. The van der Waals surface area contributed by atoms with Crippen LogP contribution in [-0.2, 0) is 9.53 Å². The Balaban J connectivity index is 1.98. The lowest BCUT2D eigenvalue weighted by molar-refractivity contribution is -0.140. The molecule has 4 rings (SSSR count). The number of hydrogen-bond donors (Lipinski definition) is 1. The van der Waals surface area contributed by atoms with E-state index in [2.05, 4.69) is 8.75 Å². The fraction of sp³-hybridized carbons (Fsp3) is 0.200. The molecule has 4 aromatic rings. The number of aromatic hydroxyl groups is 1. The van der Waals surface area contributed by atoms with Crippen LogP contribution in [0, 0.1) is 0 Å². The first kappa shape index (κ1) is 18.9. The van der Waals surface area contributed by atoms with Gasteiger partial charge in [0.25, 0.3) is 0 Å². The number of fused-ring (bicyclic) bond motifs is 2. The summed E-state index contributed by atoms with van der Waals surface area (Å²) in [5, 5.41) is 10.9. The van der Waals surface area contributed by atoms with Gasteiger partial charge in [0.05, 0.1) is 44.0 Å². The van der Waals surface area contributed by atoms with E-state index in [9.17, 15) is 14.7 Å². The van der Waals surface area contributed by atoms with Crippen LogP contribution in [0.4, 0.5) is 0 Å². The summed E-state index contributed by atoms with van der Waals surface area (Å²) in [5.41, 5.74) is 1.56. The topological polar surface area (TPSA) is 112 Å². The number of nitrogens with zero attached hydrogens (tertiary/aromatic N) is 2. The molecular formula is C20H16N2O6S. The number of methoxy groups -OCH3 is 2. The van der Waals surface area contributed by atoms with Crippen molar-refractivity contribution < 1.29 is 23.8 Å². The fourth-order valence-electron chi connectivity index (χ4n) is 3.31. The number of carbonyl (C=O) groups is 1. The molecule has 0 saturated carbocycles. The Labute approximate surface area is 168 Å². The Morgan fingerprint density at radius 3 is 2.83 bits per heavy atom. The number of carbonyl (C=O) groups excluding carboxylic acids is 1. The van der Waals surface area contributed by atoms with E-state index in [-0.39, 0.29) is 23.2 Å². The number of hydrogen-bond acceptors (Lipinski definition) is 9. The summed E-state index contributed by atoms with van der Waals surface area (Å²) in [6.45, 7) is 0. The van der Waals surface area contributed by atoms with Crippen molar-refractivity contribution >= 4 is 39.7 Å². The Morgan fingerprint density at radius 1 is 1.24 bits per heavy atom.